The number of rotatable bonds is 14. The van der Waals surface area contributed by atoms with Crippen LogP contribution in [0, 0.1) is 5.21 Å². The van der Waals surface area contributed by atoms with Gasteiger partial charge in [-0.1, -0.05) is 77.6 Å². The molecule has 0 fully saturated rings. The first-order chi connectivity index (χ1) is 9.48. The Bertz CT molecular complexity index is 204. The summed E-state index contributed by atoms with van der Waals surface area (Å²) in [4.78, 5) is 0. The molecule has 0 aliphatic carbocycles. The summed E-state index contributed by atoms with van der Waals surface area (Å²) in [6.45, 7) is 3.54. The standard InChI is InChI=1S/C16H34NO3/c1-3-4-5-6-7-8-9-10-11-12-13-14-15-17(20)16(2,18)19/h18-19H,3-15H2,1-2H3/q-1. The molecule has 0 aliphatic heterocycles. The highest BCUT2D eigenvalue weighted by Gasteiger charge is 2.15. The van der Waals surface area contributed by atoms with Gasteiger partial charge in [-0.25, -0.2) is 0 Å². The van der Waals surface area contributed by atoms with E-state index in [-0.39, 0.29) is 6.54 Å². The molecule has 0 radical (unpaired) electrons. The van der Waals surface area contributed by atoms with Crippen LogP contribution in [0.1, 0.15) is 90.9 Å². The molecule has 0 aromatic heterocycles. The molecular formula is C16H34NO3-. The normalized spacial score (nSPS) is 12.3. The predicted molar refractivity (Wildman–Crippen MR) is 84.0 cm³/mol. The molecule has 0 aliphatic rings. The van der Waals surface area contributed by atoms with Crippen molar-refractivity contribution < 1.29 is 10.2 Å². The first-order valence-electron chi connectivity index (χ1n) is 8.38. The third kappa shape index (κ3) is 12.9. The Labute approximate surface area is 124 Å². The zero-order valence-electron chi connectivity index (χ0n) is 13.4. The maximum atomic E-state index is 11.2. The average Bonchev–Trinajstić information content (AvgIpc) is 2.38. The quantitative estimate of drug-likeness (QED) is 0.286. The van der Waals surface area contributed by atoms with Crippen LogP contribution in [-0.2, 0) is 0 Å². The number of hydroxylamine groups is 2. The number of aliphatic hydroxyl groups is 2. The van der Waals surface area contributed by atoms with Crippen LogP contribution in [0.4, 0.5) is 0 Å². The number of nitrogens with zero attached hydrogens (tertiary/aromatic N) is 1. The molecule has 0 rings (SSSR count). The van der Waals surface area contributed by atoms with E-state index in [2.05, 4.69) is 6.92 Å². The fourth-order valence-corrected chi connectivity index (χ4v) is 2.31. The van der Waals surface area contributed by atoms with Crippen molar-refractivity contribution in [3.63, 3.8) is 0 Å². The zero-order valence-corrected chi connectivity index (χ0v) is 13.4. The largest absolute Gasteiger partial charge is 0.781 e. The highest BCUT2D eigenvalue weighted by molar-refractivity contribution is 4.63. The van der Waals surface area contributed by atoms with E-state index in [1.54, 1.807) is 0 Å². The van der Waals surface area contributed by atoms with Gasteiger partial charge in [0.15, 0.2) is 0 Å². The number of hydrogen-bond donors (Lipinski definition) is 2. The van der Waals surface area contributed by atoms with E-state index in [9.17, 15) is 5.21 Å². The molecule has 122 valence electrons. The van der Waals surface area contributed by atoms with Crippen molar-refractivity contribution in [1.82, 2.24) is 5.06 Å². The van der Waals surface area contributed by atoms with Gasteiger partial charge in [-0.15, -0.1) is 0 Å². The minimum Gasteiger partial charge on any atom is -0.781 e. The van der Waals surface area contributed by atoms with Crippen LogP contribution in [-0.4, -0.2) is 27.7 Å². The monoisotopic (exact) mass is 288 g/mol. The van der Waals surface area contributed by atoms with Crippen LogP contribution in [0.3, 0.4) is 0 Å². The summed E-state index contributed by atoms with van der Waals surface area (Å²) >= 11 is 0. The van der Waals surface area contributed by atoms with Gasteiger partial charge in [0.1, 0.15) is 0 Å². The fraction of sp³-hybridized carbons (Fsp3) is 1.00. The van der Waals surface area contributed by atoms with Gasteiger partial charge in [0.2, 0.25) is 5.91 Å². The van der Waals surface area contributed by atoms with Gasteiger partial charge >= 0.3 is 0 Å². The molecule has 0 heterocycles. The SMILES string of the molecule is CCCCCCCCCCCCCCN([O-])C(C)(O)O. The summed E-state index contributed by atoms with van der Waals surface area (Å²) in [6.07, 6.45) is 14.9. The molecule has 0 saturated carbocycles. The number of hydrogen-bond acceptors (Lipinski definition) is 4. The Morgan fingerprint density at radius 1 is 0.750 bits per heavy atom. The first kappa shape index (κ1) is 19.8. The van der Waals surface area contributed by atoms with Gasteiger partial charge in [0, 0.05) is 6.92 Å². The van der Waals surface area contributed by atoms with Crippen LogP contribution in [0.2, 0.25) is 0 Å². The maximum absolute atomic E-state index is 11.2. The van der Waals surface area contributed by atoms with Crippen molar-refractivity contribution in [2.75, 3.05) is 6.54 Å². The van der Waals surface area contributed by atoms with Gasteiger partial charge in [-0.3, -0.25) is 0 Å². The molecular weight excluding hydrogens is 254 g/mol. The number of unbranched alkanes of at least 4 members (excludes halogenated alkanes) is 11. The Balaban J connectivity index is 3.14. The summed E-state index contributed by atoms with van der Waals surface area (Å²) < 4.78 is 0. The molecule has 0 unspecified atom stereocenters. The van der Waals surface area contributed by atoms with Gasteiger partial charge in [0.05, 0.1) is 0 Å². The first-order valence-corrected chi connectivity index (χ1v) is 8.38. The van der Waals surface area contributed by atoms with Crippen molar-refractivity contribution >= 4 is 0 Å². The summed E-state index contributed by atoms with van der Waals surface area (Å²) in [5.74, 6) is -2.22. The van der Waals surface area contributed by atoms with Crippen LogP contribution in [0.25, 0.3) is 0 Å². The fourth-order valence-electron chi connectivity index (χ4n) is 2.31. The van der Waals surface area contributed by atoms with E-state index in [1.807, 2.05) is 0 Å². The summed E-state index contributed by atoms with van der Waals surface area (Å²) in [6, 6.07) is 0. The van der Waals surface area contributed by atoms with Gasteiger partial charge in [0.25, 0.3) is 0 Å². The summed E-state index contributed by atoms with van der Waals surface area (Å²) in [5, 5.41) is 29.6. The summed E-state index contributed by atoms with van der Waals surface area (Å²) in [7, 11) is 0. The molecule has 0 saturated heterocycles. The van der Waals surface area contributed by atoms with E-state index < -0.39 is 5.91 Å². The van der Waals surface area contributed by atoms with E-state index in [0.29, 0.717) is 5.06 Å². The lowest BCUT2D eigenvalue weighted by molar-refractivity contribution is -0.233. The van der Waals surface area contributed by atoms with Crippen molar-refractivity contribution in [1.29, 1.82) is 0 Å². The average molecular weight is 288 g/mol. The zero-order chi connectivity index (χ0) is 15.3. The van der Waals surface area contributed by atoms with Crippen LogP contribution in [0.15, 0.2) is 0 Å². The molecule has 2 N–H and O–H groups in total. The Morgan fingerprint density at radius 2 is 1.10 bits per heavy atom. The van der Waals surface area contributed by atoms with E-state index in [4.69, 9.17) is 10.2 Å². The highest BCUT2D eigenvalue weighted by atomic mass is 16.6. The van der Waals surface area contributed by atoms with Crippen molar-refractivity contribution in [2.45, 2.75) is 96.8 Å². The molecule has 0 amide bonds. The highest BCUT2D eigenvalue weighted by Crippen LogP contribution is 2.13. The summed E-state index contributed by atoms with van der Waals surface area (Å²) in [5.41, 5.74) is 0. The van der Waals surface area contributed by atoms with Crippen LogP contribution >= 0.6 is 0 Å². The molecule has 4 nitrogen and oxygen atoms in total. The van der Waals surface area contributed by atoms with E-state index in [1.165, 1.54) is 57.8 Å². The predicted octanol–water partition coefficient (Wildman–Crippen LogP) is 4.15. The molecule has 0 atom stereocenters. The lowest BCUT2D eigenvalue weighted by Gasteiger charge is -2.37. The second-order valence-electron chi connectivity index (χ2n) is 5.96. The van der Waals surface area contributed by atoms with Gasteiger partial charge in [-0.2, -0.15) is 0 Å². The van der Waals surface area contributed by atoms with E-state index >= 15 is 0 Å². The molecule has 0 aromatic rings. The molecule has 0 bridgehead atoms. The molecule has 4 heteroatoms. The van der Waals surface area contributed by atoms with Crippen molar-refractivity contribution in [3.05, 3.63) is 5.21 Å². The van der Waals surface area contributed by atoms with Gasteiger partial charge in [-0.05, 0) is 13.0 Å². The van der Waals surface area contributed by atoms with Crippen LogP contribution in [0.5, 0.6) is 0 Å². The third-order valence-electron chi connectivity index (χ3n) is 3.69. The Kier molecular flexibility index (Phi) is 12.5. The minimum atomic E-state index is -2.22. The second-order valence-corrected chi connectivity index (χ2v) is 5.96. The van der Waals surface area contributed by atoms with E-state index in [0.717, 1.165) is 26.2 Å². The van der Waals surface area contributed by atoms with Gasteiger partial charge < -0.3 is 20.5 Å². The second kappa shape index (κ2) is 12.6. The Hall–Kier alpha value is -0.160. The minimum absolute atomic E-state index is 0.195. The lowest BCUT2D eigenvalue weighted by atomic mass is 10.1. The van der Waals surface area contributed by atoms with Crippen molar-refractivity contribution in [3.8, 4) is 0 Å². The lowest BCUT2D eigenvalue weighted by Crippen LogP contribution is -2.42. The maximum Gasteiger partial charge on any atom is 0.210 e. The molecule has 20 heavy (non-hydrogen) atoms. The topological polar surface area (TPSA) is 66.8 Å². The molecule has 0 spiro atoms. The van der Waals surface area contributed by atoms with Crippen molar-refractivity contribution in [2.24, 2.45) is 0 Å². The smallest absolute Gasteiger partial charge is 0.210 e. The Morgan fingerprint density at radius 3 is 1.45 bits per heavy atom. The molecule has 0 aromatic carbocycles. The third-order valence-corrected chi connectivity index (χ3v) is 3.69. The van der Waals surface area contributed by atoms with Crippen LogP contribution < -0.4 is 0 Å².